The van der Waals surface area contributed by atoms with E-state index in [4.69, 9.17) is 5.11 Å². The van der Waals surface area contributed by atoms with Gasteiger partial charge in [0, 0.05) is 22.7 Å². The van der Waals surface area contributed by atoms with Gasteiger partial charge in [-0.3, -0.25) is 0 Å². The number of carboxylic acids is 1. The number of hydrogen-bond acceptors (Lipinski definition) is 2. The van der Waals surface area contributed by atoms with E-state index in [-0.39, 0.29) is 0 Å². The molecule has 4 heteroatoms. The smallest absolute Gasteiger partial charge is 0.336 e. The maximum Gasteiger partial charge on any atom is 0.336 e. The van der Waals surface area contributed by atoms with E-state index in [1.807, 2.05) is 12.1 Å². The summed E-state index contributed by atoms with van der Waals surface area (Å²) in [7, 11) is 0. The van der Waals surface area contributed by atoms with Crippen LogP contribution in [0.3, 0.4) is 0 Å². The molecule has 0 unspecified atom stereocenters. The molecule has 1 aromatic rings. The number of carboxylic acid groups (broad SMARTS) is 1. The van der Waals surface area contributed by atoms with Crippen molar-refractivity contribution in [1.82, 2.24) is 0 Å². The summed E-state index contributed by atoms with van der Waals surface area (Å²) in [6, 6.07) is 6.31. The van der Waals surface area contributed by atoms with Gasteiger partial charge in [-0.1, -0.05) is 12.8 Å². The Hall–Kier alpha value is -1.03. The largest absolute Gasteiger partial charge is 0.478 e. The predicted octanol–water partition coefficient (Wildman–Crippen LogP) is 4.31. The first-order valence-electron chi connectivity index (χ1n) is 7.46. The minimum atomic E-state index is -0.877. The van der Waals surface area contributed by atoms with Gasteiger partial charge >= 0.3 is 5.97 Å². The van der Waals surface area contributed by atoms with Crippen molar-refractivity contribution in [3.8, 4) is 0 Å². The van der Waals surface area contributed by atoms with E-state index in [1.165, 1.54) is 44.2 Å². The molecule has 1 aliphatic heterocycles. The molecule has 2 fully saturated rings. The number of aromatic carboxylic acids is 1. The van der Waals surface area contributed by atoms with Crippen LogP contribution in [0.15, 0.2) is 22.7 Å². The fourth-order valence-corrected chi connectivity index (χ4v) is 4.34. The van der Waals surface area contributed by atoms with Crippen LogP contribution < -0.4 is 4.90 Å². The van der Waals surface area contributed by atoms with E-state index >= 15 is 0 Å². The third kappa shape index (κ3) is 2.58. The molecule has 2 atom stereocenters. The summed E-state index contributed by atoms with van der Waals surface area (Å²) in [4.78, 5) is 13.6. The van der Waals surface area contributed by atoms with Crippen molar-refractivity contribution in [3.05, 3.63) is 28.2 Å². The van der Waals surface area contributed by atoms with E-state index in [0.717, 1.165) is 12.5 Å². The normalized spacial score (nSPS) is 26.1. The average Bonchev–Trinajstić information content (AvgIpc) is 2.46. The third-order valence-corrected chi connectivity index (χ3v) is 5.41. The van der Waals surface area contributed by atoms with Gasteiger partial charge in [-0.25, -0.2) is 4.79 Å². The highest BCUT2D eigenvalue weighted by Crippen LogP contribution is 2.38. The van der Waals surface area contributed by atoms with Crippen LogP contribution in [-0.4, -0.2) is 23.7 Å². The SMILES string of the molecule is O=C(O)c1ccc(N2CCC[C@H]3CCCC[C@H]32)cc1Br. The zero-order valence-electron chi connectivity index (χ0n) is 11.5. The van der Waals surface area contributed by atoms with Crippen LogP contribution in [0.25, 0.3) is 0 Å². The molecule has 1 N–H and O–H groups in total. The molecule has 0 radical (unpaired) electrons. The molecule has 0 spiro atoms. The van der Waals surface area contributed by atoms with Crippen LogP contribution in [0.4, 0.5) is 5.69 Å². The fraction of sp³-hybridized carbons (Fsp3) is 0.562. The molecule has 0 amide bonds. The van der Waals surface area contributed by atoms with Crippen molar-refractivity contribution < 1.29 is 9.90 Å². The number of carbonyl (C=O) groups is 1. The average molecular weight is 338 g/mol. The quantitative estimate of drug-likeness (QED) is 0.874. The summed E-state index contributed by atoms with van der Waals surface area (Å²) in [5, 5.41) is 9.11. The lowest BCUT2D eigenvalue weighted by atomic mass is 9.78. The lowest BCUT2D eigenvalue weighted by molar-refractivity contribution is 0.0696. The summed E-state index contributed by atoms with van der Waals surface area (Å²) >= 11 is 3.39. The second-order valence-electron chi connectivity index (χ2n) is 5.92. The summed E-state index contributed by atoms with van der Waals surface area (Å²) < 4.78 is 0.681. The van der Waals surface area contributed by atoms with Gasteiger partial charge in [0.2, 0.25) is 0 Å². The number of anilines is 1. The van der Waals surface area contributed by atoms with E-state index in [0.29, 0.717) is 16.1 Å². The van der Waals surface area contributed by atoms with Crippen LogP contribution in [-0.2, 0) is 0 Å². The maximum absolute atomic E-state index is 11.1. The molecule has 0 aromatic heterocycles. The summed E-state index contributed by atoms with van der Waals surface area (Å²) in [6.45, 7) is 1.10. The molecule has 2 aliphatic rings. The number of hydrogen-bond donors (Lipinski definition) is 1. The second-order valence-corrected chi connectivity index (χ2v) is 6.77. The summed E-state index contributed by atoms with van der Waals surface area (Å²) in [5.74, 6) is -0.0481. The minimum absolute atomic E-state index is 0.339. The Labute approximate surface area is 128 Å². The Balaban J connectivity index is 1.87. The van der Waals surface area contributed by atoms with Crippen molar-refractivity contribution in [2.75, 3.05) is 11.4 Å². The second kappa shape index (κ2) is 5.76. The van der Waals surface area contributed by atoms with Crippen LogP contribution in [0, 0.1) is 5.92 Å². The number of benzene rings is 1. The van der Waals surface area contributed by atoms with Crippen molar-refractivity contribution in [1.29, 1.82) is 0 Å². The van der Waals surface area contributed by atoms with Gasteiger partial charge in [-0.05, 0) is 65.7 Å². The highest BCUT2D eigenvalue weighted by Gasteiger charge is 2.33. The number of nitrogens with zero attached hydrogens (tertiary/aromatic N) is 1. The Bertz CT molecular complexity index is 515. The maximum atomic E-state index is 11.1. The topological polar surface area (TPSA) is 40.5 Å². The zero-order valence-corrected chi connectivity index (χ0v) is 13.1. The minimum Gasteiger partial charge on any atom is -0.478 e. The highest BCUT2D eigenvalue weighted by atomic mass is 79.9. The van der Waals surface area contributed by atoms with Gasteiger partial charge in [-0.15, -0.1) is 0 Å². The lowest BCUT2D eigenvalue weighted by Gasteiger charge is -2.45. The Morgan fingerprint density at radius 2 is 1.95 bits per heavy atom. The van der Waals surface area contributed by atoms with Gasteiger partial charge < -0.3 is 10.0 Å². The van der Waals surface area contributed by atoms with Gasteiger partial charge in [0.1, 0.15) is 0 Å². The molecule has 3 nitrogen and oxygen atoms in total. The first-order valence-corrected chi connectivity index (χ1v) is 8.25. The van der Waals surface area contributed by atoms with Crippen molar-refractivity contribution in [2.24, 2.45) is 5.92 Å². The van der Waals surface area contributed by atoms with Crippen LogP contribution in [0.1, 0.15) is 48.9 Å². The standard InChI is InChI=1S/C16H20BrNO2/c17-14-10-12(7-8-13(14)16(19)20)18-9-3-5-11-4-1-2-6-15(11)18/h7-8,10-11,15H,1-6,9H2,(H,19,20)/t11-,15-/m1/s1. The molecule has 1 saturated heterocycles. The van der Waals surface area contributed by atoms with Crippen LogP contribution >= 0.6 is 15.9 Å². The van der Waals surface area contributed by atoms with E-state index in [1.54, 1.807) is 6.07 Å². The number of piperidine rings is 1. The van der Waals surface area contributed by atoms with Gasteiger partial charge in [0.15, 0.2) is 0 Å². The van der Waals surface area contributed by atoms with Crippen LogP contribution in [0.5, 0.6) is 0 Å². The van der Waals surface area contributed by atoms with Gasteiger partial charge in [0.25, 0.3) is 0 Å². The van der Waals surface area contributed by atoms with Crippen molar-refractivity contribution in [3.63, 3.8) is 0 Å². The Morgan fingerprint density at radius 1 is 1.20 bits per heavy atom. The first-order chi connectivity index (χ1) is 9.66. The molecular weight excluding hydrogens is 318 g/mol. The molecule has 108 valence electrons. The zero-order chi connectivity index (χ0) is 14.1. The molecule has 1 aromatic carbocycles. The molecule has 1 heterocycles. The Kier molecular flexibility index (Phi) is 4.01. The van der Waals surface area contributed by atoms with E-state index in [9.17, 15) is 4.79 Å². The summed E-state index contributed by atoms with van der Waals surface area (Å²) in [5.41, 5.74) is 1.50. The lowest BCUT2D eigenvalue weighted by Crippen LogP contribution is -2.46. The molecular formula is C16H20BrNO2. The van der Waals surface area contributed by atoms with Crippen molar-refractivity contribution >= 4 is 27.6 Å². The number of fused-ring (bicyclic) bond motifs is 1. The monoisotopic (exact) mass is 337 g/mol. The molecule has 3 rings (SSSR count). The third-order valence-electron chi connectivity index (χ3n) is 4.76. The Morgan fingerprint density at radius 3 is 2.70 bits per heavy atom. The highest BCUT2D eigenvalue weighted by molar-refractivity contribution is 9.10. The molecule has 1 aliphatic carbocycles. The van der Waals surface area contributed by atoms with Crippen molar-refractivity contribution in [2.45, 2.75) is 44.6 Å². The summed E-state index contributed by atoms with van der Waals surface area (Å²) in [6.07, 6.45) is 7.94. The molecule has 1 saturated carbocycles. The van der Waals surface area contributed by atoms with E-state index in [2.05, 4.69) is 20.8 Å². The van der Waals surface area contributed by atoms with Gasteiger partial charge in [0.05, 0.1) is 5.56 Å². The van der Waals surface area contributed by atoms with Gasteiger partial charge in [-0.2, -0.15) is 0 Å². The van der Waals surface area contributed by atoms with Crippen LogP contribution in [0.2, 0.25) is 0 Å². The first kappa shape index (κ1) is 13.9. The fourth-order valence-electron chi connectivity index (χ4n) is 3.80. The molecule has 0 bridgehead atoms. The van der Waals surface area contributed by atoms with E-state index < -0.39 is 5.97 Å². The number of rotatable bonds is 2. The predicted molar refractivity (Wildman–Crippen MR) is 83.4 cm³/mol. The molecule has 20 heavy (non-hydrogen) atoms. The number of halogens is 1.